The Morgan fingerprint density at radius 1 is 1.28 bits per heavy atom. The summed E-state index contributed by atoms with van der Waals surface area (Å²) in [5.41, 5.74) is 0.360. The van der Waals surface area contributed by atoms with Crippen LogP contribution in [0.3, 0.4) is 0 Å². The molecule has 6 heteroatoms. The second kappa shape index (κ2) is 9.30. The van der Waals surface area contributed by atoms with Gasteiger partial charge >= 0.3 is 5.97 Å². The van der Waals surface area contributed by atoms with Crippen LogP contribution in [0.25, 0.3) is 0 Å². The summed E-state index contributed by atoms with van der Waals surface area (Å²) in [6, 6.07) is 4.07. The fourth-order valence-corrected chi connectivity index (χ4v) is 3.00. The Bertz CT molecular complexity index is 595. The van der Waals surface area contributed by atoms with Gasteiger partial charge in [-0.2, -0.15) is 0 Å². The number of methoxy groups -OCH3 is 1. The number of rotatable bonds is 9. The number of carboxylic acid groups (broad SMARTS) is 1. The fraction of sp³-hybridized carbons (Fsp3) is 0.579. The summed E-state index contributed by atoms with van der Waals surface area (Å²) in [7, 11) is 1.53. The van der Waals surface area contributed by atoms with Crippen LogP contribution in [0.1, 0.15) is 62.2 Å². The maximum Gasteiger partial charge on any atom is 0.326 e. The number of hydrogen-bond donors (Lipinski definition) is 2. The Hall–Kier alpha value is -2.24. The van der Waals surface area contributed by atoms with E-state index in [4.69, 9.17) is 9.47 Å². The van der Waals surface area contributed by atoms with Gasteiger partial charge in [-0.3, -0.25) is 4.79 Å². The number of hydrogen-bond acceptors (Lipinski definition) is 4. The summed E-state index contributed by atoms with van der Waals surface area (Å²) >= 11 is 0. The Morgan fingerprint density at radius 3 is 2.60 bits per heavy atom. The topological polar surface area (TPSA) is 84.9 Å². The lowest BCUT2D eigenvalue weighted by molar-refractivity contribution is -0.139. The number of aliphatic carboxylic acids is 1. The number of carbonyl (C=O) groups is 2. The lowest BCUT2D eigenvalue weighted by Crippen LogP contribution is -2.40. The molecule has 0 radical (unpaired) electrons. The van der Waals surface area contributed by atoms with E-state index in [9.17, 15) is 14.7 Å². The van der Waals surface area contributed by atoms with Crippen LogP contribution >= 0.6 is 0 Å². The van der Waals surface area contributed by atoms with E-state index in [1.807, 2.05) is 6.92 Å². The van der Waals surface area contributed by atoms with Crippen molar-refractivity contribution in [2.45, 2.75) is 64.0 Å². The quantitative estimate of drug-likeness (QED) is 0.714. The zero-order valence-electron chi connectivity index (χ0n) is 14.9. The molecular weight excluding hydrogens is 322 g/mol. The zero-order chi connectivity index (χ0) is 18.2. The number of amides is 1. The molecule has 1 amide bonds. The molecule has 0 aromatic heterocycles. The molecule has 25 heavy (non-hydrogen) atoms. The third-order valence-corrected chi connectivity index (χ3v) is 4.47. The smallest absolute Gasteiger partial charge is 0.326 e. The number of nitrogens with one attached hydrogen (secondary N) is 1. The summed E-state index contributed by atoms with van der Waals surface area (Å²) in [4.78, 5) is 23.7. The van der Waals surface area contributed by atoms with E-state index in [2.05, 4.69) is 5.32 Å². The summed E-state index contributed by atoms with van der Waals surface area (Å²) < 4.78 is 11.3. The molecule has 1 aliphatic rings. The van der Waals surface area contributed by atoms with E-state index in [0.717, 1.165) is 25.7 Å². The fourth-order valence-electron chi connectivity index (χ4n) is 3.00. The summed E-state index contributed by atoms with van der Waals surface area (Å²) in [5, 5.41) is 11.8. The van der Waals surface area contributed by atoms with Gasteiger partial charge in [0.1, 0.15) is 6.04 Å². The van der Waals surface area contributed by atoms with Crippen LogP contribution < -0.4 is 14.8 Å². The highest BCUT2D eigenvalue weighted by molar-refractivity contribution is 5.97. The molecule has 0 spiro atoms. The first-order valence-electron chi connectivity index (χ1n) is 8.93. The van der Waals surface area contributed by atoms with Crippen molar-refractivity contribution < 1.29 is 24.2 Å². The van der Waals surface area contributed by atoms with Crippen molar-refractivity contribution in [1.82, 2.24) is 5.32 Å². The third kappa shape index (κ3) is 5.37. The first kappa shape index (κ1) is 19.1. The normalized spacial score (nSPS) is 15.6. The molecule has 6 nitrogen and oxygen atoms in total. The van der Waals surface area contributed by atoms with Gasteiger partial charge in [-0.15, -0.1) is 0 Å². The predicted octanol–water partition coefficient (Wildman–Crippen LogP) is 3.39. The van der Waals surface area contributed by atoms with E-state index in [1.54, 1.807) is 18.2 Å². The second-order valence-corrected chi connectivity index (χ2v) is 6.40. The van der Waals surface area contributed by atoms with Gasteiger partial charge in [-0.25, -0.2) is 4.79 Å². The van der Waals surface area contributed by atoms with E-state index in [0.29, 0.717) is 23.5 Å². The Balaban J connectivity index is 2.07. The molecule has 1 aliphatic carbocycles. The van der Waals surface area contributed by atoms with E-state index in [1.165, 1.54) is 20.0 Å². The van der Waals surface area contributed by atoms with Crippen molar-refractivity contribution in [3.63, 3.8) is 0 Å². The number of unbranched alkanes of at least 4 members (excludes halogenated alkanes) is 1. The first-order valence-corrected chi connectivity index (χ1v) is 8.93. The van der Waals surface area contributed by atoms with Gasteiger partial charge in [0, 0.05) is 5.56 Å². The van der Waals surface area contributed by atoms with E-state index >= 15 is 0 Å². The molecule has 1 atom stereocenters. The van der Waals surface area contributed by atoms with Crippen LogP contribution in [0, 0.1) is 0 Å². The van der Waals surface area contributed by atoms with Gasteiger partial charge in [0.05, 0.1) is 13.2 Å². The van der Waals surface area contributed by atoms with Crippen LogP contribution in [-0.2, 0) is 4.79 Å². The van der Waals surface area contributed by atoms with Crippen molar-refractivity contribution in [3.8, 4) is 11.5 Å². The lowest BCUT2D eigenvalue weighted by atomic mass is 10.1. The first-order chi connectivity index (χ1) is 12.0. The average molecular weight is 349 g/mol. The van der Waals surface area contributed by atoms with Crippen LogP contribution in [-0.4, -0.2) is 36.2 Å². The summed E-state index contributed by atoms with van der Waals surface area (Å²) in [5.74, 6) is -0.337. The number of carbonyl (C=O) groups excluding carboxylic acids is 1. The molecule has 1 fully saturated rings. The molecule has 1 aromatic rings. The summed E-state index contributed by atoms with van der Waals surface area (Å²) in [6.07, 6.45) is 6.63. The highest BCUT2D eigenvalue weighted by atomic mass is 16.5. The minimum absolute atomic E-state index is 0.194. The highest BCUT2D eigenvalue weighted by Crippen LogP contribution is 2.32. The van der Waals surface area contributed by atoms with Gasteiger partial charge in [-0.05, 0) is 50.3 Å². The van der Waals surface area contributed by atoms with Crippen LogP contribution in [0.2, 0.25) is 0 Å². The maximum absolute atomic E-state index is 12.4. The van der Waals surface area contributed by atoms with Gasteiger partial charge < -0.3 is 19.9 Å². The largest absolute Gasteiger partial charge is 0.493 e. The Kier molecular flexibility index (Phi) is 7.10. The monoisotopic (exact) mass is 349 g/mol. The molecule has 0 saturated heterocycles. The number of benzene rings is 1. The molecule has 138 valence electrons. The molecule has 1 unspecified atom stereocenters. The zero-order valence-corrected chi connectivity index (χ0v) is 14.9. The maximum atomic E-state index is 12.4. The molecule has 0 aliphatic heterocycles. The van der Waals surface area contributed by atoms with Crippen molar-refractivity contribution in [1.29, 1.82) is 0 Å². The molecular formula is C19H27NO5. The van der Waals surface area contributed by atoms with Gasteiger partial charge in [0.2, 0.25) is 0 Å². The molecule has 0 bridgehead atoms. The molecule has 2 N–H and O–H groups in total. The van der Waals surface area contributed by atoms with Gasteiger partial charge in [0.15, 0.2) is 11.5 Å². The third-order valence-electron chi connectivity index (χ3n) is 4.47. The van der Waals surface area contributed by atoms with Crippen molar-refractivity contribution in [2.75, 3.05) is 7.11 Å². The predicted molar refractivity (Wildman–Crippen MR) is 94.3 cm³/mol. The minimum atomic E-state index is -1.02. The average Bonchev–Trinajstić information content (AvgIpc) is 3.11. The van der Waals surface area contributed by atoms with E-state index < -0.39 is 17.9 Å². The lowest BCUT2D eigenvalue weighted by Gasteiger charge is -2.17. The Morgan fingerprint density at radius 2 is 2.00 bits per heavy atom. The minimum Gasteiger partial charge on any atom is -0.493 e. The number of carboxylic acids is 1. The Labute approximate surface area is 148 Å². The standard InChI is InChI=1S/C19H27NO5/c1-3-4-9-15(19(22)23)20-18(21)13-10-11-16(17(12-13)24-2)25-14-7-5-6-8-14/h10-12,14-15H,3-9H2,1-2H3,(H,20,21)(H,22,23). The van der Waals surface area contributed by atoms with Crippen molar-refractivity contribution in [2.24, 2.45) is 0 Å². The van der Waals surface area contributed by atoms with Crippen LogP contribution in [0.15, 0.2) is 18.2 Å². The van der Waals surface area contributed by atoms with E-state index in [-0.39, 0.29) is 6.10 Å². The van der Waals surface area contributed by atoms with Crippen molar-refractivity contribution >= 4 is 11.9 Å². The van der Waals surface area contributed by atoms with Gasteiger partial charge in [0.25, 0.3) is 5.91 Å². The van der Waals surface area contributed by atoms with Crippen LogP contribution in [0.5, 0.6) is 11.5 Å². The highest BCUT2D eigenvalue weighted by Gasteiger charge is 2.22. The van der Waals surface area contributed by atoms with Gasteiger partial charge in [-0.1, -0.05) is 19.8 Å². The molecule has 1 saturated carbocycles. The van der Waals surface area contributed by atoms with Crippen molar-refractivity contribution in [3.05, 3.63) is 23.8 Å². The van der Waals surface area contributed by atoms with Crippen LogP contribution in [0.4, 0.5) is 0 Å². The number of ether oxygens (including phenoxy) is 2. The second-order valence-electron chi connectivity index (χ2n) is 6.40. The summed E-state index contributed by atoms with van der Waals surface area (Å²) in [6.45, 7) is 1.98. The molecule has 1 aromatic carbocycles. The SMILES string of the molecule is CCCCC(NC(=O)c1ccc(OC2CCCC2)c(OC)c1)C(=O)O. The molecule has 2 rings (SSSR count). The molecule has 0 heterocycles.